The van der Waals surface area contributed by atoms with E-state index in [1.807, 2.05) is 44.2 Å². The molecule has 1 unspecified atom stereocenters. The zero-order chi connectivity index (χ0) is 19.8. The first-order valence-electron chi connectivity index (χ1n) is 8.94. The van der Waals surface area contributed by atoms with Gasteiger partial charge in [-0.25, -0.2) is 4.68 Å². The van der Waals surface area contributed by atoms with E-state index in [9.17, 15) is 9.59 Å². The summed E-state index contributed by atoms with van der Waals surface area (Å²) in [4.78, 5) is 25.0. The number of anilines is 2. The Kier molecular flexibility index (Phi) is 4.65. The van der Waals surface area contributed by atoms with Gasteiger partial charge in [0.05, 0.1) is 12.6 Å². The summed E-state index contributed by atoms with van der Waals surface area (Å²) >= 11 is 6.00. The van der Waals surface area contributed by atoms with Crippen molar-refractivity contribution in [2.75, 3.05) is 10.6 Å². The maximum absolute atomic E-state index is 12.5. The summed E-state index contributed by atoms with van der Waals surface area (Å²) in [5.74, 6) is 0.103. The molecule has 1 aliphatic heterocycles. The molecule has 2 heterocycles. The van der Waals surface area contributed by atoms with Gasteiger partial charge in [-0.2, -0.15) is 5.10 Å². The Bertz CT molecular complexity index is 1070. The summed E-state index contributed by atoms with van der Waals surface area (Å²) in [5, 5.41) is 10.6. The van der Waals surface area contributed by atoms with Gasteiger partial charge in [0.25, 0.3) is 5.91 Å². The van der Waals surface area contributed by atoms with E-state index in [2.05, 4.69) is 15.7 Å². The number of carbonyl (C=O) groups is 2. The molecular formula is C21H19ClN4O2. The van der Waals surface area contributed by atoms with Gasteiger partial charge in [-0.05, 0) is 37.1 Å². The summed E-state index contributed by atoms with van der Waals surface area (Å²) in [5.41, 5.74) is 4.49. The number of nitrogens with one attached hydrogen (secondary N) is 2. The van der Waals surface area contributed by atoms with Crippen LogP contribution < -0.4 is 10.6 Å². The van der Waals surface area contributed by atoms with Gasteiger partial charge in [0.15, 0.2) is 0 Å². The van der Waals surface area contributed by atoms with Crippen molar-refractivity contribution in [3.05, 3.63) is 64.8 Å². The molecule has 0 radical (unpaired) electrons. The number of aromatic nitrogens is 2. The second kappa shape index (κ2) is 7.13. The Hall–Kier alpha value is -3.12. The minimum atomic E-state index is -0.686. The molecule has 0 spiro atoms. The number of aryl methyl sites for hydroxylation is 2. The first kappa shape index (κ1) is 18.3. The van der Waals surface area contributed by atoms with Crippen LogP contribution in [0.4, 0.5) is 11.5 Å². The highest BCUT2D eigenvalue weighted by molar-refractivity contribution is 6.31. The fourth-order valence-electron chi connectivity index (χ4n) is 3.26. The Morgan fingerprint density at radius 3 is 2.71 bits per heavy atom. The van der Waals surface area contributed by atoms with E-state index >= 15 is 0 Å². The van der Waals surface area contributed by atoms with Crippen molar-refractivity contribution in [1.82, 2.24) is 9.78 Å². The number of rotatable bonds is 4. The molecule has 0 bridgehead atoms. The largest absolute Gasteiger partial charge is 0.326 e. The van der Waals surface area contributed by atoms with Crippen LogP contribution in [0.5, 0.6) is 0 Å². The topological polar surface area (TPSA) is 76.0 Å². The minimum absolute atomic E-state index is 0.0141. The maximum atomic E-state index is 12.5. The summed E-state index contributed by atoms with van der Waals surface area (Å²) in [6, 6.07) is 12.6. The number of hydrogen-bond donors (Lipinski definition) is 2. The van der Waals surface area contributed by atoms with Crippen LogP contribution in [0.3, 0.4) is 0 Å². The van der Waals surface area contributed by atoms with Crippen molar-refractivity contribution in [1.29, 1.82) is 0 Å². The highest BCUT2D eigenvalue weighted by Crippen LogP contribution is 2.36. The monoisotopic (exact) mass is 394 g/mol. The van der Waals surface area contributed by atoms with Crippen LogP contribution in [0.2, 0.25) is 5.02 Å². The maximum Gasteiger partial charge on any atom is 0.251 e. The lowest BCUT2D eigenvalue weighted by atomic mass is 10.1. The molecule has 1 aliphatic rings. The fraction of sp³-hybridized carbons (Fsp3) is 0.190. The average molecular weight is 395 g/mol. The average Bonchev–Trinajstić information content (AvgIpc) is 3.19. The first-order valence-corrected chi connectivity index (χ1v) is 9.31. The van der Waals surface area contributed by atoms with Crippen molar-refractivity contribution in [2.24, 2.45) is 0 Å². The molecule has 28 heavy (non-hydrogen) atoms. The van der Waals surface area contributed by atoms with E-state index in [1.54, 1.807) is 23.0 Å². The van der Waals surface area contributed by atoms with Gasteiger partial charge >= 0.3 is 0 Å². The zero-order valence-electron chi connectivity index (χ0n) is 15.5. The lowest BCUT2D eigenvalue weighted by molar-refractivity contribution is -0.123. The quantitative estimate of drug-likeness (QED) is 0.691. The summed E-state index contributed by atoms with van der Waals surface area (Å²) < 4.78 is 1.59. The SMILES string of the molecule is Cc1ccc(-c2cnn3c2NC(=O)C3CC(=O)Nc2cc(Cl)ccc2C)cc1. The molecule has 142 valence electrons. The van der Waals surface area contributed by atoms with Crippen molar-refractivity contribution in [3.63, 3.8) is 0 Å². The standard InChI is InChI=1S/C21H19ClN4O2/c1-12-3-6-14(7-4-12)16-11-23-26-18(21(28)25-20(16)26)10-19(27)24-17-9-15(22)8-5-13(17)2/h3-9,11,18H,10H2,1-2H3,(H,24,27)(H,25,28). The van der Waals surface area contributed by atoms with E-state index in [0.29, 0.717) is 16.5 Å². The molecule has 4 rings (SSSR count). The third-order valence-electron chi connectivity index (χ3n) is 4.85. The predicted octanol–water partition coefficient (Wildman–Crippen LogP) is 4.34. The van der Waals surface area contributed by atoms with Crippen LogP contribution in [0.15, 0.2) is 48.7 Å². The Labute approximate surface area is 167 Å². The Morgan fingerprint density at radius 2 is 1.96 bits per heavy atom. The molecule has 1 aromatic heterocycles. The molecule has 6 nitrogen and oxygen atoms in total. The van der Waals surface area contributed by atoms with E-state index < -0.39 is 6.04 Å². The second-order valence-electron chi connectivity index (χ2n) is 6.93. The van der Waals surface area contributed by atoms with Gasteiger partial charge in [-0.15, -0.1) is 0 Å². The van der Waals surface area contributed by atoms with Crippen molar-refractivity contribution >= 4 is 34.9 Å². The van der Waals surface area contributed by atoms with Crippen molar-refractivity contribution in [2.45, 2.75) is 26.3 Å². The molecule has 0 saturated carbocycles. The molecule has 0 aliphatic carbocycles. The number of fused-ring (bicyclic) bond motifs is 1. The summed E-state index contributed by atoms with van der Waals surface area (Å²) in [6.45, 7) is 3.90. The van der Waals surface area contributed by atoms with Gasteiger partial charge in [-0.1, -0.05) is 47.5 Å². The van der Waals surface area contributed by atoms with Crippen LogP contribution in [0, 0.1) is 13.8 Å². The van der Waals surface area contributed by atoms with Crippen LogP contribution in [0.25, 0.3) is 11.1 Å². The Balaban J connectivity index is 1.54. The molecule has 0 saturated heterocycles. The highest BCUT2D eigenvalue weighted by atomic mass is 35.5. The van der Waals surface area contributed by atoms with Gasteiger partial charge in [0, 0.05) is 16.3 Å². The molecule has 2 amide bonds. The summed E-state index contributed by atoms with van der Waals surface area (Å²) in [7, 11) is 0. The van der Waals surface area contributed by atoms with E-state index in [1.165, 1.54) is 0 Å². The molecule has 1 atom stereocenters. The molecule has 0 fully saturated rings. The van der Waals surface area contributed by atoms with Crippen LogP contribution in [-0.4, -0.2) is 21.6 Å². The predicted molar refractivity (Wildman–Crippen MR) is 110 cm³/mol. The number of nitrogens with zero attached hydrogens (tertiary/aromatic N) is 2. The molecule has 3 aromatic rings. The third-order valence-corrected chi connectivity index (χ3v) is 5.09. The highest BCUT2D eigenvalue weighted by Gasteiger charge is 2.35. The fourth-order valence-corrected chi connectivity index (χ4v) is 3.44. The molecular weight excluding hydrogens is 376 g/mol. The van der Waals surface area contributed by atoms with Crippen molar-refractivity contribution in [3.8, 4) is 11.1 Å². The first-order chi connectivity index (χ1) is 13.4. The van der Waals surface area contributed by atoms with Crippen molar-refractivity contribution < 1.29 is 9.59 Å². The number of halogens is 1. The van der Waals surface area contributed by atoms with Gasteiger partial charge in [0.1, 0.15) is 11.9 Å². The third kappa shape index (κ3) is 3.39. The lowest BCUT2D eigenvalue weighted by Crippen LogP contribution is -2.23. The smallest absolute Gasteiger partial charge is 0.251 e. The number of carbonyl (C=O) groups excluding carboxylic acids is 2. The number of hydrogen-bond acceptors (Lipinski definition) is 3. The molecule has 2 aromatic carbocycles. The molecule has 7 heteroatoms. The van der Waals surface area contributed by atoms with Crippen LogP contribution in [0.1, 0.15) is 23.6 Å². The van der Waals surface area contributed by atoms with Crippen LogP contribution in [-0.2, 0) is 9.59 Å². The van der Waals surface area contributed by atoms with E-state index in [-0.39, 0.29) is 18.2 Å². The lowest BCUT2D eigenvalue weighted by Gasteiger charge is -2.11. The van der Waals surface area contributed by atoms with Crippen LogP contribution >= 0.6 is 11.6 Å². The zero-order valence-corrected chi connectivity index (χ0v) is 16.2. The minimum Gasteiger partial charge on any atom is -0.326 e. The second-order valence-corrected chi connectivity index (χ2v) is 7.37. The normalized spacial score (nSPS) is 15.2. The van der Waals surface area contributed by atoms with E-state index in [0.717, 1.165) is 22.3 Å². The molecule has 2 N–H and O–H groups in total. The van der Waals surface area contributed by atoms with Gasteiger partial charge in [0.2, 0.25) is 5.91 Å². The van der Waals surface area contributed by atoms with Gasteiger partial charge < -0.3 is 10.6 Å². The number of amides is 2. The summed E-state index contributed by atoms with van der Waals surface area (Å²) in [6.07, 6.45) is 1.70. The Morgan fingerprint density at radius 1 is 1.21 bits per heavy atom. The number of benzene rings is 2. The van der Waals surface area contributed by atoms with Gasteiger partial charge in [-0.3, -0.25) is 9.59 Å². The van der Waals surface area contributed by atoms with E-state index in [4.69, 9.17) is 11.6 Å².